The van der Waals surface area contributed by atoms with E-state index >= 15 is 0 Å². The second-order valence-electron chi connectivity index (χ2n) is 21.9. The molecule has 4 aromatic carbocycles. The Morgan fingerprint density at radius 3 is 1.17 bits per heavy atom. The van der Waals surface area contributed by atoms with Crippen LogP contribution in [0.1, 0.15) is 142 Å². The van der Waals surface area contributed by atoms with E-state index in [4.69, 9.17) is 39.3 Å². The van der Waals surface area contributed by atoms with E-state index in [1.54, 1.807) is 50.1 Å². The largest absolute Gasteiger partial charge is 0.497 e. The molecule has 3 fully saturated rings. The number of amides is 3. The number of nitrogens with two attached hydrogens (primary N) is 1. The van der Waals surface area contributed by atoms with E-state index < -0.39 is 28.5 Å². The molecule has 0 radical (unpaired) electrons. The summed E-state index contributed by atoms with van der Waals surface area (Å²) < 4.78 is 31.3. The van der Waals surface area contributed by atoms with Crippen molar-refractivity contribution in [2.75, 3.05) is 48.1 Å². The van der Waals surface area contributed by atoms with Crippen molar-refractivity contribution in [1.29, 1.82) is 0 Å². The van der Waals surface area contributed by atoms with Crippen molar-refractivity contribution in [3.8, 4) is 23.0 Å². The highest BCUT2D eigenvalue weighted by molar-refractivity contribution is 5.90. The lowest BCUT2D eigenvalue weighted by Gasteiger charge is -2.30. The number of esters is 2. The number of methoxy groups -OCH3 is 4. The van der Waals surface area contributed by atoms with Gasteiger partial charge < -0.3 is 54.0 Å². The lowest BCUT2D eigenvalue weighted by molar-refractivity contribution is -0.166. The van der Waals surface area contributed by atoms with Crippen molar-refractivity contribution in [2.24, 2.45) is 23.0 Å². The van der Waals surface area contributed by atoms with E-state index in [-0.39, 0.29) is 85.6 Å². The lowest BCUT2D eigenvalue weighted by atomic mass is 9.89. The molecule has 7 atom stereocenters. The molecule has 77 heavy (non-hydrogen) atoms. The van der Waals surface area contributed by atoms with Crippen LogP contribution in [0.3, 0.4) is 0 Å². The fourth-order valence-corrected chi connectivity index (χ4v) is 8.86. The Bertz CT molecular complexity index is 2590. The van der Waals surface area contributed by atoms with Crippen LogP contribution in [0.5, 0.6) is 23.0 Å². The van der Waals surface area contributed by atoms with Gasteiger partial charge in [-0.1, -0.05) is 48.5 Å². The summed E-state index contributed by atoms with van der Waals surface area (Å²) in [5.41, 5.74) is 7.91. The highest BCUT2D eigenvalue weighted by Gasteiger charge is 2.49. The molecule has 17 heteroatoms. The molecule has 420 valence electrons. The van der Waals surface area contributed by atoms with Crippen LogP contribution in [0.15, 0.2) is 97.1 Å². The lowest BCUT2D eigenvalue weighted by Crippen LogP contribution is -2.38. The second kappa shape index (κ2) is 27.3. The van der Waals surface area contributed by atoms with Gasteiger partial charge in [0.05, 0.1) is 63.8 Å². The van der Waals surface area contributed by atoms with Gasteiger partial charge in [-0.25, -0.2) is 0 Å². The highest BCUT2D eigenvalue weighted by atomic mass is 16.6. The molecule has 3 amide bonds. The minimum atomic E-state index is -0.905. The van der Waals surface area contributed by atoms with Gasteiger partial charge in [0.25, 0.3) is 0 Å². The molecule has 0 spiro atoms. The number of benzene rings is 4. The second-order valence-corrected chi connectivity index (χ2v) is 21.9. The van der Waals surface area contributed by atoms with Crippen LogP contribution in [0.2, 0.25) is 0 Å². The zero-order chi connectivity index (χ0) is 57.6. The minimum absolute atomic E-state index is 0.0100. The maximum absolute atomic E-state index is 12.5. The highest BCUT2D eigenvalue weighted by Crippen LogP contribution is 2.39. The van der Waals surface area contributed by atoms with Crippen LogP contribution < -0.4 is 24.7 Å². The van der Waals surface area contributed by atoms with Gasteiger partial charge in [-0.3, -0.25) is 28.8 Å². The molecule has 0 bridgehead atoms. The number of carboxylic acid groups (broad SMARTS) is 1. The van der Waals surface area contributed by atoms with Gasteiger partial charge in [0.15, 0.2) is 0 Å². The molecule has 0 aliphatic carbocycles. The molecule has 0 saturated carbocycles. The first-order chi connectivity index (χ1) is 36.0. The molecule has 3 heterocycles. The van der Waals surface area contributed by atoms with Gasteiger partial charge in [-0.2, -0.15) is 0 Å². The number of likely N-dealkylation sites (tertiary alicyclic amines) is 3. The molecule has 4 aromatic rings. The summed E-state index contributed by atoms with van der Waals surface area (Å²) >= 11 is 0. The van der Waals surface area contributed by atoms with Gasteiger partial charge in [0.1, 0.15) is 34.2 Å². The topological polar surface area (TPSA) is 214 Å². The Balaban J connectivity index is 0.000000228. The molecule has 3 unspecified atom stereocenters. The molecule has 3 N–H and O–H groups in total. The van der Waals surface area contributed by atoms with E-state index in [0.717, 1.165) is 45.3 Å². The van der Waals surface area contributed by atoms with E-state index in [2.05, 4.69) is 0 Å². The number of rotatable bonds is 14. The summed E-state index contributed by atoms with van der Waals surface area (Å²) in [7, 11) is 6.49. The fraction of sp³-hybridized carbons (Fsp3) is 0.500. The number of carbonyl (C=O) groups excluding carboxylic acids is 5. The molecular formula is C60H82N4O13. The summed E-state index contributed by atoms with van der Waals surface area (Å²) in [4.78, 5) is 77.4. The van der Waals surface area contributed by atoms with E-state index in [9.17, 15) is 28.8 Å². The SMILES string of the molecule is COc1ccc([C@H](C)N)cc1.COc1ccc([C@H](C)N2CC(C(=O)O)CC2=O)cc1.COc1ccc([C@H](C)N2CC(C(=O)OC(C)(C)C)CC2=O)cc1.COc1ccc([C@H](C)N2CC(C)(C(=O)OC(C)(C)C)CC2=O)cc1. The predicted octanol–water partition coefficient (Wildman–Crippen LogP) is 9.69. The number of hydrogen-bond donors (Lipinski definition) is 2. The Kier molecular flexibility index (Phi) is 22.1. The average Bonchev–Trinajstić information content (AvgIpc) is 4.09. The Hall–Kier alpha value is -7.14. The number of aliphatic carboxylic acids is 1. The minimum Gasteiger partial charge on any atom is -0.497 e. The maximum Gasteiger partial charge on any atom is 0.314 e. The number of hydrogen-bond acceptors (Lipinski definition) is 13. The Morgan fingerprint density at radius 2 is 0.857 bits per heavy atom. The van der Waals surface area contributed by atoms with Crippen molar-refractivity contribution in [1.82, 2.24) is 14.7 Å². The standard InChI is InChI=1S/C19H27NO4.C18H25NO4.C14H17NO4.C9H13NO/c1-13(14-7-9-15(23-6)10-8-14)20-12-19(5,11-16(20)21)17(22)24-18(2,3)4;1-12(13-6-8-15(22-5)9-7-13)19-11-14(10-16(19)20)17(21)23-18(2,3)4;1-9(10-3-5-12(19-2)6-4-10)15-8-11(14(17)18)7-13(15)16;1-7(10)8-3-5-9(11-2)6-4-8/h7-10,13H,11-12H2,1-6H3;6-9,12,14H,10-11H2,1-5H3;3-6,9,11H,7-8H2,1-2H3,(H,17,18);3-7H,10H2,1-2H3/t13-,19?;12-,14?;9-,11?;7-/m0000/s1. The average molecular weight is 1070 g/mol. The molecule has 0 aromatic heterocycles. The third kappa shape index (κ3) is 18.0. The van der Waals surface area contributed by atoms with Crippen LogP contribution in [0.4, 0.5) is 0 Å². The summed E-state index contributed by atoms with van der Waals surface area (Å²) in [6, 6.07) is 30.3. The number of ether oxygens (including phenoxy) is 6. The summed E-state index contributed by atoms with van der Waals surface area (Å²) in [5.74, 6) is 0.558. The van der Waals surface area contributed by atoms with Crippen LogP contribution in [0, 0.1) is 17.3 Å². The zero-order valence-corrected chi connectivity index (χ0v) is 47.7. The number of nitrogens with zero attached hydrogens (tertiary/aromatic N) is 3. The van der Waals surface area contributed by atoms with Crippen molar-refractivity contribution in [2.45, 2.75) is 131 Å². The van der Waals surface area contributed by atoms with Gasteiger partial charge in [-0.15, -0.1) is 0 Å². The number of carbonyl (C=O) groups is 6. The fourth-order valence-electron chi connectivity index (χ4n) is 8.86. The summed E-state index contributed by atoms with van der Waals surface area (Å²) in [6.45, 7) is 21.7. The van der Waals surface area contributed by atoms with Crippen molar-refractivity contribution in [3.05, 3.63) is 119 Å². The molecule has 3 aliphatic heterocycles. The van der Waals surface area contributed by atoms with Gasteiger partial charge in [0.2, 0.25) is 17.7 Å². The van der Waals surface area contributed by atoms with Crippen molar-refractivity contribution >= 4 is 35.6 Å². The molecular weight excluding hydrogens is 985 g/mol. The first-order valence-electron chi connectivity index (χ1n) is 25.9. The zero-order valence-electron chi connectivity index (χ0n) is 47.7. The normalized spacial score (nSPS) is 19.7. The van der Waals surface area contributed by atoms with Crippen molar-refractivity contribution < 1.29 is 62.3 Å². The summed E-state index contributed by atoms with van der Waals surface area (Å²) in [6.07, 6.45) is 0.494. The van der Waals surface area contributed by atoms with Crippen molar-refractivity contribution in [3.63, 3.8) is 0 Å². The summed E-state index contributed by atoms with van der Waals surface area (Å²) in [5, 5.41) is 8.97. The maximum atomic E-state index is 12.5. The quantitative estimate of drug-likeness (QED) is 0.113. The van der Waals surface area contributed by atoms with E-state index in [1.165, 1.54) is 0 Å². The molecule has 17 nitrogen and oxygen atoms in total. The van der Waals surface area contributed by atoms with Crippen LogP contribution in [-0.4, -0.2) is 115 Å². The monoisotopic (exact) mass is 1070 g/mol. The van der Waals surface area contributed by atoms with Crippen LogP contribution in [-0.2, 0) is 38.2 Å². The number of carboxylic acids is 1. The third-order valence-electron chi connectivity index (χ3n) is 13.5. The van der Waals surface area contributed by atoms with Crippen LogP contribution in [0.25, 0.3) is 0 Å². The van der Waals surface area contributed by atoms with E-state index in [1.807, 2.05) is 166 Å². The third-order valence-corrected chi connectivity index (χ3v) is 13.5. The van der Waals surface area contributed by atoms with Gasteiger partial charge in [0, 0.05) is 44.9 Å². The van der Waals surface area contributed by atoms with Crippen LogP contribution >= 0.6 is 0 Å². The Morgan fingerprint density at radius 1 is 0.532 bits per heavy atom. The van der Waals surface area contributed by atoms with Gasteiger partial charge >= 0.3 is 17.9 Å². The molecule has 3 saturated heterocycles. The Labute approximate surface area is 455 Å². The van der Waals surface area contributed by atoms with Gasteiger partial charge in [-0.05, 0) is 147 Å². The first-order valence-corrected chi connectivity index (χ1v) is 25.9. The smallest absolute Gasteiger partial charge is 0.314 e. The first kappa shape index (κ1) is 62.4. The molecule has 7 rings (SSSR count). The molecule has 3 aliphatic rings. The predicted molar refractivity (Wildman–Crippen MR) is 293 cm³/mol. The van der Waals surface area contributed by atoms with E-state index in [0.29, 0.717) is 13.1 Å².